The summed E-state index contributed by atoms with van der Waals surface area (Å²) >= 11 is 0. The largest absolute Gasteiger partial charge is 0.348 e. The molecule has 0 bridgehead atoms. The van der Waals surface area contributed by atoms with E-state index in [0.717, 1.165) is 19.3 Å². The Morgan fingerprint density at radius 3 is 2.82 bits per heavy atom. The Morgan fingerprint density at radius 1 is 1.41 bits per heavy atom. The molecule has 1 aliphatic carbocycles. The van der Waals surface area contributed by atoms with Crippen LogP contribution in [-0.4, -0.2) is 22.1 Å². The first-order valence-electron chi connectivity index (χ1n) is 6.03. The molecule has 5 heteroatoms. The van der Waals surface area contributed by atoms with Crippen molar-refractivity contribution >= 4 is 5.91 Å². The van der Waals surface area contributed by atoms with Gasteiger partial charge in [-0.05, 0) is 24.8 Å². The van der Waals surface area contributed by atoms with Gasteiger partial charge < -0.3 is 5.32 Å². The van der Waals surface area contributed by atoms with Crippen LogP contribution in [0.25, 0.3) is 0 Å². The highest BCUT2D eigenvalue weighted by Gasteiger charge is 2.23. The minimum Gasteiger partial charge on any atom is -0.348 e. The van der Waals surface area contributed by atoms with Crippen molar-refractivity contribution in [3.63, 3.8) is 0 Å². The molecule has 0 spiro atoms. The van der Waals surface area contributed by atoms with Crippen LogP contribution in [0, 0.1) is 5.92 Å². The van der Waals surface area contributed by atoms with Crippen molar-refractivity contribution in [2.24, 2.45) is 5.92 Å². The highest BCUT2D eigenvalue weighted by molar-refractivity contribution is 5.92. The standard InChI is InChI=1S/C12H17N3O2/c1-8-4-2-3-5-9(8)13-12(17)10-6-7-11(16)15-14-10/h6-9H,2-5H2,1H3,(H,13,17)(H,15,16)/t8-,9-/m1/s1. The van der Waals surface area contributed by atoms with E-state index in [4.69, 9.17) is 0 Å². The SMILES string of the molecule is C[C@@H]1CCCC[C@H]1NC(=O)c1ccc(=O)[nH]n1. The second-order valence-electron chi connectivity index (χ2n) is 4.65. The molecule has 1 aliphatic rings. The average Bonchev–Trinajstić information content (AvgIpc) is 2.33. The van der Waals surface area contributed by atoms with Gasteiger partial charge in [0.15, 0.2) is 0 Å². The summed E-state index contributed by atoms with van der Waals surface area (Å²) in [4.78, 5) is 22.7. The zero-order chi connectivity index (χ0) is 12.3. The number of carbonyl (C=O) groups is 1. The lowest BCUT2D eigenvalue weighted by molar-refractivity contribution is 0.0904. The fraction of sp³-hybridized carbons (Fsp3) is 0.583. The molecule has 1 aromatic rings. The summed E-state index contributed by atoms with van der Waals surface area (Å²) in [5.41, 5.74) is -0.0324. The molecule has 1 fully saturated rings. The first-order chi connectivity index (χ1) is 8.16. The average molecular weight is 235 g/mol. The van der Waals surface area contributed by atoms with Crippen molar-refractivity contribution in [1.29, 1.82) is 0 Å². The number of carbonyl (C=O) groups excluding carboxylic acids is 1. The third kappa shape index (κ3) is 2.93. The van der Waals surface area contributed by atoms with Crippen LogP contribution in [-0.2, 0) is 0 Å². The van der Waals surface area contributed by atoms with E-state index in [9.17, 15) is 9.59 Å². The van der Waals surface area contributed by atoms with E-state index < -0.39 is 0 Å². The number of nitrogens with one attached hydrogen (secondary N) is 2. The van der Waals surface area contributed by atoms with Gasteiger partial charge in [0.05, 0.1) is 0 Å². The van der Waals surface area contributed by atoms with Gasteiger partial charge in [-0.1, -0.05) is 19.8 Å². The van der Waals surface area contributed by atoms with Gasteiger partial charge in [0, 0.05) is 12.1 Å². The summed E-state index contributed by atoms with van der Waals surface area (Å²) in [6, 6.07) is 2.98. The topological polar surface area (TPSA) is 74.8 Å². The Kier molecular flexibility index (Phi) is 3.56. The molecule has 92 valence electrons. The minimum absolute atomic E-state index is 0.208. The normalized spacial score (nSPS) is 24.3. The number of H-pyrrole nitrogens is 1. The number of nitrogens with zero attached hydrogens (tertiary/aromatic N) is 1. The second kappa shape index (κ2) is 5.12. The lowest BCUT2D eigenvalue weighted by atomic mass is 9.86. The summed E-state index contributed by atoms with van der Waals surface area (Å²) in [5, 5.41) is 8.96. The van der Waals surface area contributed by atoms with Crippen molar-refractivity contribution in [3.05, 3.63) is 28.2 Å². The zero-order valence-corrected chi connectivity index (χ0v) is 9.90. The first kappa shape index (κ1) is 11.8. The highest BCUT2D eigenvalue weighted by Crippen LogP contribution is 2.23. The minimum atomic E-state index is -0.299. The number of hydrogen-bond acceptors (Lipinski definition) is 3. The van der Waals surface area contributed by atoms with E-state index in [1.807, 2.05) is 0 Å². The smallest absolute Gasteiger partial charge is 0.271 e. The number of hydrogen-bond donors (Lipinski definition) is 2. The molecule has 1 aromatic heterocycles. The summed E-state index contributed by atoms with van der Waals surface area (Å²) in [7, 11) is 0. The lowest BCUT2D eigenvalue weighted by Crippen LogP contribution is -2.41. The maximum Gasteiger partial charge on any atom is 0.271 e. The van der Waals surface area contributed by atoms with Crippen LogP contribution in [0.3, 0.4) is 0 Å². The molecule has 2 atom stereocenters. The number of amides is 1. The van der Waals surface area contributed by atoms with E-state index in [1.54, 1.807) is 0 Å². The quantitative estimate of drug-likeness (QED) is 0.805. The molecular formula is C12H17N3O2. The van der Waals surface area contributed by atoms with E-state index >= 15 is 0 Å². The van der Waals surface area contributed by atoms with Crippen LogP contribution in [0.1, 0.15) is 43.1 Å². The third-order valence-electron chi connectivity index (χ3n) is 3.34. The zero-order valence-electron chi connectivity index (χ0n) is 9.90. The molecule has 1 heterocycles. The fourth-order valence-electron chi connectivity index (χ4n) is 2.24. The fourth-order valence-corrected chi connectivity index (χ4v) is 2.24. The van der Waals surface area contributed by atoms with Crippen molar-refractivity contribution in [1.82, 2.24) is 15.5 Å². The van der Waals surface area contributed by atoms with Gasteiger partial charge in [-0.3, -0.25) is 9.59 Å². The van der Waals surface area contributed by atoms with Gasteiger partial charge in [0.2, 0.25) is 0 Å². The number of aromatic amines is 1. The first-order valence-corrected chi connectivity index (χ1v) is 6.03. The van der Waals surface area contributed by atoms with Crippen LogP contribution in [0.15, 0.2) is 16.9 Å². The molecule has 0 aliphatic heterocycles. The van der Waals surface area contributed by atoms with E-state index in [1.165, 1.54) is 18.6 Å². The van der Waals surface area contributed by atoms with Crippen LogP contribution < -0.4 is 10.9 Å². The van der Waals surface area contributed by atoms with Crippen molar-refractivity contribution in [3.8, 4) is 0 Å². The van der Waals surface area contributed by atoms with Gasteiger partial charge in [-0.2, -0.15) is 5.10 Å². The third-order valence-corrected chi connectivity index (χ3v) is 3.34. The van der Waals surface area contributed by atoms with Crippen LogP contribution in [0.5, 0.6) is 0 Å². The van der Waals surface area contributed by atoms with Crippen LogP contribution >= 0.6 is 0 Å². The predicted octanol–water partition coefficient (Wildman–Crippen LogP) is 1.08. The lowest BCUT2D eigenvalue weighted by Gasteiger charge is -2.29. The monoisotopic (exact) mass is 235 g/mol. The van der Waals surface area contributed by atoms with E-state index in [-0.39, 0.29) is 23.2 Å². The summed E-state index contributed by atoms with van der Waals surface area (Å²) in [5.74, 6) is 0.301. The molecule has 1 saturated carbocycles. The maximum absolute atomic E-state index is 11.9. The van der Waals surface area contributed by atoms with Crippen molar-refractivity contribution in [2.45, 2.75) is 38.6 Å². The molecule has 5 nitrogen and oxygen atoms in total. The summed E-state index contributed by atoms with van der Waals surface area (Å²) in [6.07, 6.45) is 4.58. The second-order valence-corrected chi connectivity index (χ2v) is 4.65. The summed E-state index contributed by atoms with van der Waals surface area (Å²) in [6.45, 7) is 2.16. The van der Waals surface area contributed by atoms with Crippen molar-refractivity contribution < 1.29 is 4.79 Å². The molecule has 0 aromatic carbocycles. The van der Waals surface area contributed by atoms with Gasteiger partial charge in [0.1, 0.15) is 5.69 Å². The summed E-state index contributed by atoms with van der Waals surface area (Å²) < 4.78 is 0. The van der Waals surface area contributed by atoms with E-state index in [2.05, 4.69) is 22.4 Å². The van der Waals surface area contributed by atoms with E-state index in [0.29, 0.717) is 5.92 Å². The van der Waals surface area contributed by atoms with Crippen molar-refractivity contribution in [2.75, 3.05) is 0 Å². The molecule has 1 amide bonds. The van der Waals surface area contributed by atoms with Gasteiger partial charge in [0.25, 0.3) is 11.5 Å². The number of rotatable bonds is 2. The molecule has 0 radical (unpaired) electrons. The Bertz CT molecular complexity index is 435. The van der Waals surface area contributed by atoms with Gasteiger partial charge in [-0.25, -0.2) is 5.10 Å². The molecule has 17 heavy (non-hydrogen) atoms. The molecular weight excluding hydrogens is 218 g/mol. The molecule has 2 N–H and O–H groups in total. The van der Waals surface area contributed by atoms with Crippen LogP contribution in [0.4, 0.5) is 0 Å². The number of aromatic nitrogens is 2. The molecule has 2 rings (SSSR count). The Labute approximate surface area is 99.6 Å². The Balaban J connectivity index is 2.01. The van der Waals surface area contributed by atoms with Gasteiger partial charge in [-0.15, -0.1) is 0 Å². The highest BCUT2D eigenvalue weighted by atomic mass is 16.2. The Hall–Kier alpha value is -1.65. The predicted molar refractivity (Wildman–Crippen MR) is 63.7 cm³/mol. The van der Waals surface area contributed by atoms with Gasteiger partial charge >= 0.3 is 0 Å². The molecule has 0 unspecified atom stereocenters. The van der Waals surface area contributed by atoms with Crippen LogP contribution in [0.2, 0.25) is 0 Å². The molecule has 0 saturated heterocycles. The maximum atomic E-state index is 11.9. The Morgan fingerprint density at radius 2 is 2.18 bits per heavy atom.